The van der Waals surface area contributed by atoms with E-state index in [9.17, 15) is 13.2 Å². The second-order valence-electron chi connectivity index (χ2n) is 4.56. The van der Waals surface area contributed by atoms with E-state index in [1.165, 1.54) is 6.08 Å². The summed E-state index contributed by atoms with van der Waals surface area (Å²) < 4.78 is 26.9. The predicted molar refractivity (Wildman–Crippen MR) is 67.1 cm³/mol. The molecule has 0 aromatic carbocycles. The van der Waals surface area contributed by atoms with Crippen LogP contribution < -0.4 is 4.72 Å². The zero-order valence-corrected chi connectivity index (χ0v) is 11.4. The molecule has 8 heteroatoms. The molecule has 0 aliphatic heterocycles. The fourth-order valence-electron chi connectivity index (χ4n) is 2.16. The SMILES string of the molecule is Cc1n[nH]c(C)c1S(=O)(=O)NC1C=CC(C(=O)O)C1. The van der Waals surface area contributed by atoms with Gasteiger partial charge in [-0.3, -0.25) is 9.89 Å². The first-order chi connectivity index (χ1) is 8.81. The van der Waals surface area contributed by atoms with Crippen LogP contribution in [0.15, 0.2) is 17.0 Å². The smallest absolute Gasteiger partial charge is 0.310 e. The number of rotatable bonds is 4. The number of carboxylic acid groups (broad SMARTS) is 1. The number of sulfonamides is 1. The van der Waals surface area contributed by atoms with Gasteiger partial charge in [0.25, 0.3) is 0 Å². The molecule has 1 aliphatic rings. The number of aromatic nitrogens is 2. The number of carboxylic acids is 1. The van der Waals surface area contributed by atoms with Crippen LogP contribution in [0.3, 0.4) is 0 Å². The molecule has 0 radical (unpaired) electrons. The van der Waals surface area contributed by atoms with Crippen LogP contribution in [0.5, 0.6) is 0 Å². The van der Waals surface area contributed by atoms with Crippen LogP contribution in [0.4, 0.5) is 0 Å². The lowest BCUT2D eigenvalue weighted by molar-refractivity contribution is -0.140. The number of hydrogen-bond donors (Lipinski definition) is 3. The molecule has 0 bridgehead atoms. The summed E-state index contributed by atoms with van der Waals surface area (Å²) in [5.74, 6) is -1.59. The Morgan fingerprint density at radius 3 is 2.63 bits per heavy atom. The van der Waals surface area contributed by atoms with E-state index in [1.54, 1.807) is 19.9 Å². The second kappa shape index (κ2) is 4.78. The van der Waals surface area contributed by atoms with Crippen LogP contribution in [-0.4, -0.2) is 35.7 Å². The Kier molecular flexibility index (Phi) is 3.46. The lowest BCUT2D eigenvalue weighted by Gasteiger charge is -2.12. The van der Waals surface area contributed by atoms with Gasteiger partial charge >= 0.3 is 5.97 Å². The molecule has 2 unspecified atom stereocenters. The zero-order chi connectivity index (χ0) is 14.2. The van der Waals surface area contributed by atoms with E-state index >= 15 is 0 Å². The van der Waals surface area contributed by atoms with E-state index < -0.39 is 28.0 Å². The summed E-state index contributed by atoms with van der Waals surface area (Å²) in [4.78, 5) is 10.9. The summed E-state index contributed by atoms with van der Waals surface area (Å²) in [7, 11) is -3.70. The normalized spacial score (nSPS) is 22.8. The Morgan fingerprint density at radius 2 is 2.16 bits per heavy atom. The topological polar surface area (TPSA) is 112 Å². The van der Waals surface area contributed by atoms with Crippen LogP contribution >= 0.6 is 0 Å². The van der Waals surface area contributed by atoms with Crippen molar-refractivity contribution in [3.63, 3.8) is 0 Å². The van der Waals surface area contributed by atoms with Crippen molar-refractivity contribution in [2.45, 2.75) is 31.2 Å². The van der Waals surface area contributed by atoms with Gasteiger partial charge in [-0.2, -0.15) is 5.10 Å². The van der Waals surface area contributed by atoms with Crippen LogP contribution in [-0.2, 0) is 14.8 Å². The lowest BCUT2D eigenvalue weighted by atomic mass is 10.1. The molecule has 0 spiro atoms. The molecule has 1 aliphatic carbocycles. The minimum absolute atomic E-state index is 0.125. The zero-order valence-electron chi connectivity index (χ0n) is 10.5. The van der Waals surface area contributed by atoms with Crippen molar-refractivity contribution in [2.75, 3.05) is 0 Å². The Hall–Kier alpha value is -1.67. The average molecular weight is 285 g/mol. The van der Waals surface area contributed by atoms with Crippen molar-refractivity contribution in [3.05, 3.63) is 23.5 Å². The van der Waals surface area contributed by atoms with Crippen molar-refractivity contribution < 1.29 is 18.3 Å². The highest BCUT2D eigenvalue weighted by Gasteiger charge is 2.30. The summed E-state index contributed by atoms with van der Waals surface area (Å²) in [5, 5.41) is 15.3. The maximum atomic E-state index is 12.2. The van der Waals surface area contributed by atoms with Gasteiger partial charge in [-0.25, -0.2) is 13.1 Å². The van der Waals surface area contributed by atoms with Gasteiger partial charge in [0.2, 0.25) is 10.0 Å². The molecule has 2 rings (SSSR count). The molecule has 0 saturated carbocycles. The van der Waals surface area contributed by atoms with Crippen LogP contribution in [0.2, 0.25) is 0 Å². The second-order valence-corrected chi connectivity index (χ2v) is 6.21. The maximum Gasteiger partial charge on any atom is 0.310 e. The van der Waals surface area contributed by atoms with Crippen LogP contribution in [0.1, 0.15) is 17.8 Å². The predicted octanol–water partition coefficient (Wildman–Crippen LogP) is 0.334. The van der Waals surface area contributed by atoms with E-state index in [-0.39, 0.29) is 11.3 Å². The molecular weight excluding hydrogens is 270 g/mol. The van der Waals surface area contributed by atoms with Gasteiger partial charge in [0, 0.05) is 6.04 Å². The van der Waals surface area contributed by atoms with Crippen molar-refractivity contribution in [1.29, 1.82) is 0 Å². The molecule has 2 atom stereocenters. The third kappa shape index (κ3) is 2.69. The number of aryl methyl sites for hydroxylation is 2. The number of carbonyl (C=O) groups is 1. The largest absolute Gasteiger partial charge is 0.481 e. The van der Waals surface area contributed by atoms with Crippen molar-refractivity contribution in [3.8, 4) is 0 Å². The first-order valence-electron chi connectivity index (χ1n) is 5.76. The summed E-state index contributed by atoms with van der Waals surface area (Å²) in [5.41, 5.74) is 0.850. The van der Waals surface area contributed by atoms with E-state index in [0.29, 0.717) is 11.4 Å². The van der Waals surface area contributed by atoms with Crippen molar-refractivity contribution in [1.82, 2.24) is 14.9 Å². The number of aromatic amines is 1. The van der Waals surface area contributed by atoms with E-state index in [4.69, 9.17) is 5.11 Å². The fraction of sp³-hybridized carbons (Fsp3) is 0.455. The Balaban J connectivity index is 2.16. The van der Waals surface area contributed by atoms with E-state index in [0.717, 1.165) is 0 Å². The molecule has 1 aromatic heterocycles. The highest BCUT2D eigenvalue weighted by molar-refractivity contribution is 7.89. The van der Waals surface area contributed by atoms with Gasteiger partial charge in [0.05, 0.1) is 17.3 Å². The number of H-pyrrole nitrogens is 1. The number of nitrogens with zero attached hydrogens (tertiary/aromatic N) is 1. The summed E-state index contributed by atoms with van der Waals surface area (Å²) in [6.45, 7) is 3.22. The molecule has 1 aromatic rings. The van der Waals surface area contributed by atoms with E-state index in [2.05, 4.69) is 14.9 Å². The van der Waals surface area contributed by atoms with Crippen molar-refractivity contribution >= 4 is 16.0 Å². The fourth-order valence-corrected chi connectivity index (χ4v) is 3.74. The molecule has 0 fully saturated rings. The van der Waals surface area contributed by atoms with Gasteiger partial charge in [-0.05, 0) is 20.3 Å². The third-order valence-corrected chi connectivity index (χ3v) is 4.79. The van der Waals surface area contributed by atoms with Crippen molar-refractivity contribution in [2.24, 2.45) is 5.92 Å². The standard InChI is InChI=1S/C11H15N3O4S/c1-6-10(7(2)13-12-6)19(17,18)14-9-4-3-8(5-9)11(15)16/h3-4,8-9,14H,5H2,1-2H3,(H,12,13)(H,15,16). The monoisotopic (exact) mass is 285 g/mol. The molecular formula is C11H15N3O4S. The minimum atomic E-state index is -3.70. The average Bonchev–Trinajstić information content (AvgIpc) is 2.85. The molecule has 7 nitrogen and oxygen atoms in total. The molecule has 0 amide bonds. The highest BCUT2D eigenvalue weighted by atomic mass is 32.2. The molecule has 19 heavy (non-hydrogen) atoms. The van der Waals surface area contributed by atoms with Crippen LogP contribution in [0, 0.1) is 19.8 Å². The van der Waals surface area contributed by atoms with Gasteiger partial charge in [-0.1, -0.05) is 12.2 Å². The number of hydrogen-bond acceptors (Lipinski definition) is 4. The number of aliphatic carboxylic acids is 1. The summed E-state index contributed by atoms with van der Waals surface area (Å²) in [6.07, 6.45) is 3.30. The van der Waals surface area contributed by atoms with Gasteiger partial charge in [0.15, 0.2) is 0 Å². The molecule has 3 N–H and O–H groups in total. The Labute approximate surface area is 110 Å². The first kappa shape index (κ1) is 13.8. The van der Waals surface area contributed by atoms with Gasteiger partial charge in [0.1, 0.15) is 4.90 Å². The minimum Gasteiger partial charge on any atom is -0.481 e. The number of nitrogens with one attached hydrogen (secondary N) is 2. The third-order valence-electron chi connectivity index (χ3n) is 3.04. The Morgan fingerprint density at radius 1 is 1.47 bits per heavy atom. The quantitative estimate of drug-likeness (QED) is 0.690. The summed E-state index contributed by atoms with van der Waals surface area (Å²) >= 11 is 0. The first-order valence-corrected chi connectivity index (χ1v) is 7.24. The molecule has 0 saturated heterocycles. The summed E-state index contributed by atoms with van der Waals surface area (Å²) in [6, 6.07) is -0.500. The van der Waals surface area contributed by atoms with E-state index in [1.807, 2.05) is 0 Å². The Bertz CT molecular complexity index is 613. The van der Waals surface area contributed by atoms with Gasteiger partial charge < -0.3 is 5.11 Å². The molecule has 1 heterocycles. The highest BCUT2D eigenvalue weighted by Crippen LogP contribution is 2.22. The maximum absolute atomic E-state index is 12.2. The molecule has 104 valence electrons. The van der Waals surface area contributed by atoms with Gasteiger partial charge in [-0.15, -0.1) is 0 Å². The lowest BCUT2D eigenvalue weighted by Crippen LogP contribution is -2.33. The van der Waals surface area contributed by atoms with Crippen LogP contribution in [0.25, 0.3) is 0 Å².